The summed E-state index contributed by atoms with van der Waals surface area (Å²) in [7, 11) is 0. The SMILES string of the molecule is CCCCCCN(/N=C/c1cc(C2CCC(C3CCC(CCC)CC3)CC2)ccc1O)c1nc2ccccc2s1. The van der Waals surface area contributed by atoms with E-state index in [9.17, 15) is 5.11 Å². The number of phenols is 1. The van der Waals surface area contributed by atoms with Crippen LogP contribution >= 0.6 is 11.3 Å². The number of aromatic nitrogens is 1. The highest BCUT2D eigenvalue weighted by atomic mass is 32.1. The van der Waals surface area contributed by atoms with Crippen molar-refractivity contribution in [3.63, 3.8) is 0 Å². The van der Waals surface area contributed by atoms with Gasteiger partial charge in [0.15, 0.2) is 0 Å². The van der Waals surface area contributed by atoms with Crippen molar-refractivity contribution < 1.29 is 5.11 Å². The third-order valence-corrected chi connectivity index (χ3v) is 10.7. The lowest BCUT2D eigenvalue weighted by Gasteiger charge is -2.38. The van der Waals surface area contributed by atoms with E-state index < -0.39 is 0 Å². The number of phenolic OH excluding ortho intramolecular Hbond substituents is 1. The molecule has 4 nitrogen and oxygen atoms in total. The first-order chi connectivity index (χ1) is 19.6. The van der Waals surface area contributed by atoms with Crippen LogP contribution in [0.5, 0.6) is 5.75 Å². The molecule has 1 heterocycles. The molecule has 0 bridgehead atoms. The molecule has 0 unspecified atom stereocenters. The number of thiazole rings is 1. The number of hydrazone groups is 1. The number of benzene rings is 2. The van der Waals surface area contributed by atoms with Crippen molar-refractivity contribution in [1.29, 1.82) is 0 Å². The standard InChI is InChI=1S/C35H49N3OS/c1-3-5-6-9-23-38(35-37-32-11-7-8-12-34(32)40-35)36-25-31-24-30(21-22-33(31)39)29-19-17-28(18-20-29)27-15-13-26(10-4-2)14-16-27/h7-8,11-12,21-22,24-29,39H,3-6,9-10,13-20,23H2,1-2H3/b36-25+. The number of nitrogens with zero attached hydrogens (tertiary/aromatic N) is 3. The minimum atomic E-state index is 0.306. The Hall–Kier alpha value is -2.40. The Bertz CT molecular complexity index is 1190. The summed E-state index contributed by atoms with van der Waals surface area (Å²) in [5.41, 5.74) is 3.19. The zero-order valence-corrected chi connectivity index (χ0v) is 25.5. The monoisotopic (exact) mass is 559 g/mol. The van der Waals surface area contributed by atoms with Gasteiger partial charge in [-0.15, -0.1) is 0 Å². The topological polar surface area (TPSA) is 48.7 Å². The van der Waals surface area contributed by atoms with Crippen LogP contribution in [0.2, 0.25) is 0 Å². The smallest absolute Gasteiger partial charge is 0.207 e. The van der Waals surface area contributed by atoms with Crippen LogP contribution in [-0.4, -0.2) is 22.8 Å². The molecule has 2 aliphatic carbocycles. The average Bonchev–Trinajstić information content (AvgIpc) is 3.42. The first-order valence-corrected chi connectivity index (χ1v) is 17.0. The average molecular weight is 560 g/mol. The van der Waals surface area contributed by atoms with E-state index in [0.717, 1.165) is 46.9 Å². The molecule has 0 atom stereocenters. The van der Waals surface area contributed by atoms with Gasteiger partial charge in [-0.3, -0.25) is 0 Å². The van der Waals surface area contributed by atoms with Crippen LogP contribution in [0, 0.1) is 17.8 Å². The summed E-state index contributed by atoms with van der Waals surface area (Å²) in [6.07, 6.45) is 20.5. The minimum absolute atomic E-state index is 0.306. The number of para-hydroxylation sites is 1. The molecular weight excluding hydrogens is 510 g/mol. The lowest BCUT2D eigenvalue weighted by molar-refractivity contribution is 0.156. The third-order valence-electron chi connectivity index (χ3n) is 9.61. The summed E-state index contributed by atoms with van der Waals surface area (Å²) in [4.78, 5) is 4.86. The van der Waals surface area contributed by atoms with E-state index in [4.69, 9.17) is 10.1 Å². The van der Waals surface area contributed by atoms with Gasteiger partial charge in [0, 0.05) is 12.1 Å². The van der Waals surface area contributed by atoms with E-state index in [1.54, 1.807) is 11.3 Å². The summed E-state index contributed by atoms with van der Waals surface area (Å²) in [5, 5.41) is 18.6. The zero-order valence-electron chi connectivity index (χ0n) is 24.7. The summed E-state index contributed by atoms with van der Waals surface area (Å²) >= 11 is 1.69. The molecule has 1 aromatic heterocycles. The fraction of sp³-hybridized carbons (Fsp3) is 0.600. The lowest BCUT2D eigenvalue weighted by Crippen LogP contribution is -2.25. The van der Waals surface area contributed by atoms with Crippen molar-refractivity contribution in [2.24, 2.45) is 22.9 Å². The van der Waals surface area contributed by atoms with E-state index in [-0.39, 0.29) is 0 Å². The molecule has 0 saturated heterocycles. The predicted octanol–water partition coefficient (Wildman–Crippen LogP) is 10.3. The Morgan fingerprint density at radius 1 is 0.900 bits per heavy atom. The van der Waals surface area contributed by atoms with Gasteiger partial charge in [0.1, 0.15) is 5.75 Å². The normalized spacial score (nSPS) is 23.6. The minimum Gasteiger partial charge on any atom is -0.507 e. The zero-order chi connectivity index (χ0) is 27.7. The molecule has 2 aromatic carbocycles. The fourth-order valence-corrected chi connectivity index (χ4v) is 8.15. The lowest BCUT2D eigenvalue weighted by atomic mass is 9.68. The van der Waals surface area contributed by atoms with Gasteiger partial charge >= 0.3 is 0 Å². The van der Waals surface area contributed by atoms with Crippen LogP contribution in [0.3, 0.4) is 0 Å². The molecule has 0 spiro atoms. The summed E-state index contributed by atoms with van der Waals surface area (Å²) in [6.45, 7) is 5.41. The molecule has 2 aliphatic rings. The second kappa shape index (κ2) is 14.5. The highest BCUT2D eigenvalue weighted by molar-refractivity contribution is 7.22. The van der Waals surface area contributed by atoms with Gasteiger partial charge in [0.2, 0.25) is 5.13 Å². The molecule has 40 heavy (non-hydrogen) atoms. The van der Waals surface area contributed by atoms with Crippen molar-refractivity contribution in [1.82, 2.24) is 4.98 Å². The van der Waals surface area contributed by atoms with E-state index >= 15 is 0 Å². The van der Waals surface area contributed by atoms with Gasteiger partial charge in [-0.1, -0.05) is 88.3 Å². The number of anilines is 1. The highest BCUT2D eigenvalue weighted by Gasteiger charge is 2.31. The maximum atomic E-state index is 10.7. The number of unbranched alkanes of at least 4 members (excludes halogenated alkanes) is 3. The molecule has 0 aliphatic heterocycles. The van der Waals surface area contributed by atoms with Crippen LogP contribution in [0.4, 0.5) is 5.13 Å². The van der Waals surface area contributed by atoms with Crippen molar-refractivity contribution in [3.05, 3.63) is 53.6 Å². The number of rotatable bonds is 12. The maximum absolute atomic E-state index is 10.7. The molecule has 5 rings (SSSR count). The van der Waals surface area contributed by atoms with Gasteiger partial charge in [-0.2, -0.15) is 5.10 Å². The van der Waals surface area contributed by atoms with Gasteiger partial charge in [-0.25, -0.2) is 9.99 Å². The van der Waals surface area contributed by atoms with E-state index in [2.05, 4.69) is 44.2 Å². The Morgan fingerprint density at radius 3 is 2.38 bits per heavy atom. The molecule has 2 saturated carbocycles. The van der Waals surface area contributed by atoms with Crippen molar-refractivity contribution in [2.45, 2.75) is 110 Å². The van der Waals surface area contributed by atoms with Crippen molar-refractivity contribution in [2.75, 3.05) is 11.6 Å². The van der Waals surface area contributed by atoms with Gasteiger partial charge in [-0.05, 0) is 98.4 Å². The maximum Gasteiger partial charge on any atom is 0.207 e. The van der Waals surface area contributed by atoms with E-state index in [1.165, 1.54) is 93.7 Å². The second-order valence-electron chi connectivity index (χ2n) is 12.4. The van der Waals surface area contributed by atoms with Gasteiger partial charge in [0.05, 0.1) is 16.4 Å². The molecule has 3 aromatic rings. The molecule has 0 amide bonds. The van der Waals surface area contributed by atoms with Crippen LogP contribution in [0.1, 0.15) is 121 Å². The number of hydrogen-bond donors (Lipinski definition) is 1. The first-order valence-electron chi connectivity index (χ1n) is 16.1. The van der Waals surface area contributed by atoms with E-state index in [0.29, 0.717) is 11.7 Å². The molecular formula is C35H49N3OS. The molecule has 1 N–H and O–H groups in total. The van der Waals surface area contributed by atoms with Gasteiger partial charge < -0.3 is 5.11 Å². The van der Waals surface area contributed by atoms with Crippen molar-refractivity contribution >= 4 is 32.9 Å². The van der Waals surface area contributed by atoms with Crippen LogP contribution in [-0.2, 0) is 0 Å². The molecule has 216 valence electrons. The largest absolute Gasteiger partial charge is 0.507 e. The predicted molar refractivity (Wildman–Crippen MR) is 172 cm³/mol. The summed E-state index contributed by atoms with van der Waals surface area (Å²) < 4.78 is 1.18. The second-order valence-corrected chi connectivity index (χ2v) is 13.4. The quantitative estimate of drug-likeness (QED) is 0.136. The Kier molecular flexibility index (Phi) is 10.5. The Labute approximate surface area is 245 Å². The third kappa shape index (κ3) is 7.46. The number of aromatic hydroxyl groups is 1. The Balaban J connectivity index is 1.23. The van der Waals surface area contributed by atoms with Crippen LogP contribution in [0.15, 0.2) is 47.6 Å². The van der Waals surface area contributed by atoms with E-state index in [1.807, 2.05) is 23.4 Å². The molecule has 5 heteroatoms. The van der Waals surface area contributed by atoms with Crippen molar-refractivity contribution in [3.8, 4) is 5.75 Å². The summed E-state index contributed by atoms with van der Waals surface area (Å²) in [6, 6.07) is 14.5. The van der Waals surface area contributed by atoms with Crippen LogP contribution in [0.25, 0.3) is 10.2 Å². The number of fused-ring (bicyclic) bond motifs is 1. The summed E-state index contributed by atoms with van der Waals surface area (Å²) in [5.74, 6) is 3.78. The molecule has 2 fully saturated rings. The van der Waals surface area contributed by atoms with Crippen LogP contribution < -0.4 is 5.01 Å². The highest BCUT2D eigenvalue weighted by Crippen LogP contribution is 2.44. The molecule has 0 radical (unpaired) electrons. The Morgan fingerprint density at radius 2 is 1.65 bits per heavy atom. The number of hydrogen-bond acceptors (Lipinski definition) is 5. The van der Waals surface area contributed by atoms with Gasteiger partial charge in [0.25, 0.3) is 0 Å². The fourth-order valence-electron chi connectivity index (χ4n) is 7.20. The first kappa shape index (κ1) is 29.1.